The number of methoxy groups -OCH3 is 1. The molecule has 6 atom stereocenters. The van der Waals surface area contributed by atoms with E-state index in [2.05, 4.69) is 11.0 Å². The van der Waals surface area contributed by atoms with Crippen molar-refractivity contribution in [3.63, 3.8) is 0 Å². The van der Waals surface area contributed by atoms with Gasteiger partial charge in [-0.2, -0.15) is 0 Å². The number of fused-ring (bicyclic) bond motifs is 2. The average Bonchev–Trinajstić information content (AvgIpc) is 3.72. The van der Waals surface area contributed by atoms with Gasteiger partial charge in [-0.15, -0.1) is 0 Å². The summed E-state index contributed by atoms with van der Waals surface area (Å²) in [5.41, 5.74) is 3.14. The number of carboxylic acids is 1. The van der Waals surface area contributed by atoms with E-state index in [-0.39, 0.29) is 35.2 Å². The summed E-state index contributed by atoms with van der Waals surface area (Å²) in [6.07, 6.45) is 7.77. The summed E-state index contributed by atoms with van der Waals surface area (Å²) in [7, 11) is 1.84. The third-order valence-electron chi connectivity index (χ3n) is 11.7. The number of carboxylic acid groups (broad SMARTS) is 1. The molecular weight excluding hydrogens is 522 g/mol. The highest BCUT2D eigenvalue weighted by Gasteiger charge is 2.80. The van der Waals surface area contributed by atoms with Gasteiger partial charge in [0.2, 0.25) is 0 Å². The number of ether oxygens (including phenoxy) is 4. The van der Waals surface area contributed by atoms with Crippen molar-refractivity contribution < 1.29 is 34.0 Å². The van der Waals surface area contributed by atoms with Gasteiger partial charge in [-0.1, -0.05) is 18.2 Å². The first-order chi connectivity index (χ1) is 19.9. The number of likely N-dealkylation sites (tertiary alicyclic amines) is 1. The van der Waals surface area contributed by atoms with Crippen molar-refractivity contribution in [2.24, 2.45) is 17.3 Å². The van der Waals surface area contributed by atoms with E-state index in [0.29, 0.717) is 30.8 Å². The molecule has 1 saturated heterocycles. The smallest absolute Gasteiger partial charge is 0.341 e. The molecule has 7 aliphatic rings. The molecule has 5 fully saturated rings. The van der Waals surface area contributed by atoms with Crippen molar-refractivity contribution in [3.8, 4) is 17.2 Å². The van der Waals surface area contributed by atoms with Crippen molar-refractivity contribution in [1.29, 1.82) is 0 Å². The Balaban J connectivity index is 1.10. The van der Waals surface area contributed by atoms with Crippen LogP contribution in [0.1, 0.15) is 55.2 Å². The second kappa shape index (κ2) is 9.09. The number of phenolic OH excluding ortho intramolecular Hbond substituents is 1. The number of aromatic hydroxyl groups is 1. The Morgan fingerprint density at radius 1 is 1.12 bits per heavy atom. The number of piperidine rings is 1. The Morgan fingerprint density at radius 3 is 2.71 bits per heavy atom. The van der Waals surface area contributed by atoms with E-state index in [0.717, 1.165) is 50.1 Å². The Hall–Kier alpha value is -2.81. The van der Waals surface area contributed by atoms with Crippen LogP contribution in [0.15, 0.2) is 36.4 Å². The molecule has 0 amide bonds. The molecule has 218 valence electrons. The fraction of sp³-hybridized carbons (Fsp3) is 0.606. The fourth-order valence-electron chi connectivity index (χ4n) is 9.89. The van der Waals surface area contributed by atoms with Gasteiger partial charge in [-0.25, -0.2) is 4.79 Å². The minimum atomic E-state index is -0.994. The van der Waals surface area contributed by atoms with E-state index < -0.39 is 11.6 Å². The van der Waals surface area contributed by atoms with Gasteiger partial charge >= 0.3 is 5.97 Å². The van der Waals surface area contributed by atoms with Gasteiger partial charge in [-0.3, -0.25) is 4.90 Å². The average molecular weight is 562 g/mol. The van der Waals surface area contributed by atoms with Gasteiger partial charge in [-0.05, 0) is 86.7 Å². The second-order valence-electron chi connectivity index (χ2n) is 13.4. The third kappa shape index (κ3) is 3.53. The molecule has 9 rings (SSSR count). The Labute approximate surface area is 240 Å². The quantitative estimate of drug-likeness (QED) is 0.443. The van der Waals surface area contributed by atoms with Gasteiger partial charge < -0.3 is 29.2 Å². The number of aliphatic carboxylic acids is 1. The molecule has 2 unspecified atom stereocenters. The van der Waals surface area contributed by atoms with E-state index in [4.69, 9.17) is 24.1 Å². The number of rotatable bonds is 10. The minimum Gasteiger partial charge on any atom is -0.504 e. The SMILES string of the molecule is COC12CCC3(C[C@@H]1COCc1ccc(OCC(=O)O)cc1)[C@H]1Cc4ccc(O)c5c4[C@@]3(CCN1CC1CC1)[C@H]2O5. The first kappa shape index (κ1) is 25.9. The third-order valence-corrected chi connectivity index (χ3v) is 11.7. The highest BCUT2D eigenvalue weighted by atomic mass is 16.6. The molecule has 2 N–H and O–H groups in total. The molecular formula is C33H39NO7. The zero-order chi connectivity index (χ0) is 28.0. The van der Waals surface area contributed by atoms with Gasteiger partial charge in [0.1, 0.15) is 17.5 Å². The topological polar surface area (TPSA) is 97.7 Å². The molecule has 8 nitrogen and oxygen atoms in total. The summed E-state index contributed by atoms with van der Waals surface area (Å²) in [6, 6.07) is 11.9. The van der Waals surface area contributed by atoms with Crippen LogP contribution >= 0.6 is 0 Å². The van der Waals surface area contributed by atoms with Crippen LogP contribution in [0.5, 0.6) is 17.2 Å². The fourth-order valence-corrected chi connectivity index (χ4v) is 9.89. The van der Waals surface area contributed by atoms with Crippen LogP contribution in [0.4, 0.5) is 0 Å². The summed E-state index contributed by atoms with van der Waals surface area (Å²) >= 11 is 0. The Morgan fingerprint density at radius 2 is 1.95 bits per heavy atom. The number of benzene rings is 2. The maximum absolute atomic E-state index is 11.0. The molecule has 2 aromatic rings. The standard InChI is InChI=1S/C33H39NO7/c1-38-33-11-10-31(15-23(33)18-39-17-21-4-7-24(8-5-21)40-19-27(36)37)26-14-22-6-9-25(35)29-28(22)32(31,30(33)41-29)12-13-34(26)16-20-2-3-20/h4-9,20,23,26,30,35H,2-3,10-19H2,1H3,(H,36,37)/t23-,26-,30-,31?,32+,33?/m1/s1. The zero-order valence-electron chi connectivity index (χ0n) is 23.6. The number of phenols is 1. The summed E-state index contributed by atoms with van der Waals surface area (Å²) in [5.74, 6) is 1.53. The van der Waals surface area contributed by atoms with Crippen molar-refractivity contribution in [2.75, 3.05) is 33.4 Å². The molecule has 2 aliphatic heterocycles. The molecule has 41 heavy (non-hydrogen) atoms. The van der Waals surface area contributed by atoms with Crippen LogP contribution in [0.25, 0.3) is 0 Å². The maximum Gasteiger partial charge on any atom is 0.341 e. The molecule has 2 heterocycles. The monoisotopic (exact) mass is 561 g/mol. The maximum atomic E-state index is 11.0. The molecule has 0 radical (unpaired) electrons. The molecule has 2 spiro atoms. The van der Waals surface area contributed by atoms with Crippen LogP contribution in [-0.2, 0) is 32.7 Å². The van der Waals surface area contributed by atoms with Crippen LogP contribution < -0.4 is 9.47 Å². The van der Waals surface area contributed by atoms with E-state index in [1.807, 2.05) is 25.3 Å². The molecule has 4 saturated carbocycles. The van der Waals surface area contributed by atoms with E-state index in [1.165, 1.54) is 30.5 Å². The van der Waals surface area contributed by atoms with Gasteiger partial charge in [0, 0.05) is 42.0 Å². The largest absolute Gasteiger partial charge is 0.504 e. The first-order valence-electron chi connectivity index (χ1n) is 15.2. The highest BCUT2D eigenvalue weighted by Crippen LogP contribution is 2.76. The van der Waals surface area contributed by atoms with Crippen LogP contribution in [-0.4, -0.2) is 72.2 Å². The minimum absolute atomic E-state index is 0.0777. The van der Waals surface area contributed by atoms with Crippen LogP contribution in [0, 0.1) is 17.3 Å². The zero-order valence-corrected chi connectivity index (χ0v) is 23.6. The number of hydrogen-bond donors (Lipinski definition) is 2. The van der Waals surface area contributed by atoms with Crippen LogP contribution in [0.3, 0.4) is 0 Å². The Kier molecular flexibility index (Phi) is 5.74. The van der Waals surface area contributed by atoms with Crippen molar-refractivity contribution >= 4 is 5.97 Å². The summed E-state index contributed by atoms with van der Waals surface area (Å²) in [4.78, 5) is 13.6. The highest BCUT2D eigenvalue weighted by molar-refractivity contribution is 5.68. The lowest BCUT2D eigenvalue weighted by Gasteiger charge is -2.74. The van der Waals surface area contributed by atoms with Crippen molar-refractivity contribution in [1.82, 2.24) is 4.90 Å². The predicted molar refractivity (Wildman–Crippen MR) is 149 cm³/mol. The lowest BCUT2D eigenvalue weighted by atomic mass is 9.35. The second-order valence-corrected chi connectivity index (χ2v) is 13.4. The summed E-state index contributed by atoms with van der Waals surface area (Å²) in [6.45, 7) is 2.97. The van der Waals surface area contributed by atoms with E-state index in [9.17, 15) is 9.90 Å². The predicted octanol–water partition coefficient (Wildman–Crippen LogP) is 4.30. The summed E-state index contributed by atoms with van der Waals surface area (Å²) < 4.78 is 25.1. The number of nitrogens with zero attached hydrogens (tertiary/aromatic N) is 1. The number of carbonyl (C=O) groups is 1. The number of hydrogen-bond acceptors (Lipinski definition) is 7. The normalized spacial score (nSPS) is 36.1. The van der Waals surface area contributed by atoms with Gasteiger partial charge in [0.25, 0.3) is 0 Å². The molecule has 8 heteroatoms. The van der Waals surface area contributed by atoms with Crippen LogP contribution in [0.2, 0.25) is 0 Å². The first-order valence-corrected chi connectivity index (χ1v) is 15.2. The van der Waals surface area contributed by atoms with Crippen molar-refractivity contribution in [3.05, 3.63) is 53.1 Å². The molecule has 2 aromatic carbocycles. The lowest BCUT2D eigenvalue weighted by molar-refractivity contribution is -0.283. The van der Waals surface area contributed by atoms with Crippen molar-refractivity contribution in [2.45, 2.75) is 74.7 Å². The summed E-state index contributed by atoms with van der Waals surface area (Å²) in [5, 5.41) is 19.9. The van der Waals surface area contributed by atoms with Gasteiger partial charge in [0.05, 0.1) is 13.2 Å². The van der Waals surface area contributed by atoms with E-state index in [1.54, 1.807) is 12.1 Å². The molecule has 0 aromatic heterocycles. The Bertz CT molecular complexity index is 1370. The lowest BCUT2D eigenvalue weighted by Crippen LogP contribution is -2.81. The van der Waals surface area contributed by atoms with E-state index >= 15 is 0 Å². The van der Waals surface area contributed by atoms with Gasteiger partial charge in [0.15, 0.2) is 18.1 Å². The molecule has 4 bridgehead atoms. The molecule has 5 aliphatic carbocycles.